The van der Waals surface area contributed by atoms with Gasteiger partial charge >= 0.3 is 0 Å². The highest BCUT2D eigenvalue weighted by molar-refractivity contribution is 5.77. The minimum absolute atomic E-state index is 0.111. The number of hydrogen-bond acceptors (Lipinski definition) is 5. The van der Waals surface area contributed by atoms with Crippen molar-refractivity contribution in [3.63, 3.8) is 0 Å². The molecule has 1 atom stereocenters. The summed E-state index contributed by atoms with van der Waals surface area (Å²) in [6.07, 6.45) is -0.266. The molecule has 1 aromatic heterocycles. The number of carbonyl (C=O) groups excluding carboxylic acids is 1. The van der Waals surface area contributed by atoms with Crippen LogP contribution in [-0.2, 0) is 4.79 Å². The molecule has 1 aromatic carbocycles. The Morgan fingerprint density at radius 2 is 2.00 bits per heavy atom. The minimum atomic E-state index is -0.669. The summed E-state index contributed by atoms with van der Waals surface area (Å²) in [4.78, 5) is 11.8. The molecule has 0 radical (unpaired) electrons. The van der Waals surface area contributed by atoms with Crippen molar-refractivity contribution in [2.24, 2.45) is 0 Å². The fourth-order valence-corrected chi connectivity index (χ4v) is 2.42. The van der Waals surface area contributed by atoms with Crippen LogP contribution in [0.5, 0.6) is 11.5 Å². The van der Waals surface area contributed by atoms with E-state index in [1.54, 1.807) is 25.3 Å². The third kappa shape index (κ3) is 4.76. The number of para-hydroxylation sites is 2. The number of aliphatic hydroxyl groups excluding tert-OH is 1. The van der Waals surface area contributed by atoms with E-state index in [0.717, 1.165) is 11.3 Å². The first-order valence-corrected chi connectivity index (χ1v) is 7.78. The van der Waals surface area contributed by atoms with Crippen molar-refractivity contribution < 1.29 is 23.8 Å². The second-order valence-corrected chi connectivity index (χ2v) is 5.46. The number of amides is 1. The van der Waals surface area contributed by atoms with Gasteiger partial charge in [-0.1, -0.05) is 12.1 Å². The van der Waals surface area contributed by atoms with Crippen molar-refractivity contribution >= 4 is 5.91 Å². The highest BCUT2D eigenvalue weighted by Gasteiger charge is 2.14. The molecule has 24 heavy (non-hydrogen) atoms. The van der Waals surface area contributed by atoms with Gasteiger partial charge in [0.2, 0.25) is 0 Å². The molecule has 2 rings (SSSR count). The number of carbonyl (C=O) groups is 1. The number of rotatable bonds is 8. The fourth-order valence-electron chi connectivity index (χ4n) is 2.42. The Hall–Kier alpha value is -2.47. The zero-order chi connectivity index (χ0) is 17.5. The van der Waals surface area contributed by atoms with Crippen LogP contribution < -0.4 is 14.8 Å². The number of benzene rings is 1. The van der Waals surface area contributed by atoms with E-state index in [4.69, 9.17) is 13.9 Å². The molecule has 6 nitrogen and oxygen atoms in total. The molecular weight excluding hydrogens is 310 g/mol. The Balaban J connectivity index is 1.74. The maximum absolute atomic E-state index is 11.8. The highest BCUT2D eigenvalue weighted by atomic mass is 16.5. The normalized spacial score (nSPS) is 11.8. The summed E-state index contributed by atoms with van der Waals surface area (Å²) in [6, 6.07) is 8.94. The SMILES string of the molecule is COc1ccccc1OCC(=O)NCCC(O)c1cc(C)oc1C. The van der Waals surface area contributed by atoms with Crippen molar-refractivity contribution in [2.75, 3.05) is 20.3 Å². The summed E-state index contributed by atoms with van der Waals surface area (Å²) < 4.78 is 16.0. The number of nitrogens with one attached hydrogen (secondary N) is 1. The molecule has 2 aromatic rings. The van der Waals surface area contributed by atoms with Crippen LogP contribution in [0.25, 0.3) is 0 Å². The first kappa shape index (κ1) is 17.9. The zero-order valence-electron chi connectivity index (χ0n) is 14.2. The van der Waals surface area contributed by atoms with Gasteiger partial charge in [0.25, 0.3) is 5.91 Å². The predicted molar refractivity (Wildman–Crippen MR) is 89.3 cm³/mol. The van der Waals surface area contributed by atoms with Gasteiger partial charge < -0.3 is 24.3 Å². The number of furan rings is 1. The Morgan fingerprint density at radius 1 is 1.29 bits per heavy atom. The van der Waals surface area contributed by atoms with E-state index in [0.29, 0.717) is 30.2 Å². The monoisotopic (exact) mass is 333 g/mol. The lowest BCUT2D eigenvalue weighted by Gasteiger charge is -2.12. The standard InChI is InChI=1S/C18H23NO5/c1-12-10-14(13(2)24-12)15(20)8-9-19-18(21)11-23-17-7-5-4-6-16(17)22-3/h4-7,10,15,20H,8-9,11H2,1-3H3,(H,19,21). The van der Waals surface area contributed by atoms with E-state index < -0.39 is 6.10 Å². The summed E-state index contributed by atoms with van der Waals surface area (Å²) in [5.74, 6) is 2.29. The summed E-state index contributed by atoms with van der Waals surface area (Å²) in [6.45, 7) is 3.88. The lowest BCUT2D eigenvalue weighted by atomic mass is 10.1. The van der Waals surface area contributed by atoms with E-state index >= 15 is 0 Å². The number of hydrogen-bond donors (Lipinski definition) is 2. The maximum Gasteiger partial charge on any atom is 0.257 e. The van der Waals surface area contributed by atoms with Gasteiger partial charge in [-0.3, -0.25) is 4.79 Å². The van der Waals surface area contributed by atoms with Gasteiger partial charge in [-0.05, 0) is 38.5 Å². The molecule has 0 saturated heterocycles. The molecule has 0 aliphatic heterocycles. The Labute approximate surface area is 141 Å². The molecule has 0 spiro atoms. The molecule has 6 heteroatoms. The van der Waals surface area contributed by atoms with E-state index in [1.165, 1.54) is 0 Å². The minimum Gasteiger partial charge on any atom is -0.493 e. The van der Waals surface area contributed by atoms with E-state index in [1.807, 2.05) is 26.0 Å². The second kappa shape index (κ2) is 8.40. The zero-order valence-corrected chi connectivity index (χ0v) is 14.2. The quantitative estimate of drug-likeness (QED) is 0.776. The van der Waals surface area contributed by atoms with Gasteiger partial charge in [0.15, 0.2) is 18.1 Å². The molecule has 0 saturated carbocycles. The topological polar surface area (TPSA) is 80.9 Å². The van der Waals surface area contributed by atoms with Crippen molar-refractivity contribution in [3.8, 4) is 11.5 Å². The lowest BCUT2D eigenvalue weighted by molar-refractivity contribution is -0.123. The van der Waals surface area contributed by atoms with Crippen molar-refractivity contribution in [1.29, 1.82) is 0 Å². The van der Waals surface area contributed by atoms with E-state index in [-0.39, 0.29) is 12.5 Å². The van der Waals surface area contributed by atoms with Crippen LogP contribution in [-0.4, -0.2) is 31.3 Å². The molecular formula is C18H23NO5. The third-order valence-electron chi connectivity index (χ3n) is 3.61. The molecule has 0 aliphatic rings. The van der Waals surface area contributed by atoms with E-state index in [2.05, 4.69) is 5.32 Å². The number of ether oxygens (including phenoxy) is 2. The molecule has 1 heterocycles. The second-order valence-electron chi connectivity index (χ2n) is 5.46. The first-order valence-electron chi connectivity index (χ1n) is 7.78. The number of methoxy groups -OCH3 is 1. The molecule has 0 fully saturated rings. The van der Waals surface area contributed by atoms with Gasteiger partial charge in [-0.25, -0.2) is 0 Å². The van der Waals surface area contributed by atoms with Crippen LogP contribution in [0.15, 0.2) is 34.7 Å². The van der Waals surface area contributed by atoms with Crippen LogP contribution in [0.3, 0.4) is 0 Å². The van der Waals surface area contributed by atoms with Crippen molar-refractivity contribution in [3.05, 3.63) is 47.4 Å². The largest absolute Gasteiger partial charge is 0.493 e. The molecule has 130 valence electrons. The number of aryl methyl sites for hydroxylation is 2. The third-order valence-corrected chi connectivity index (χ3v) is 3.61. The van der Waals surface area contributed by atoms with Gasteiger partial charge in [0.05, 0.1) is 13.2 Å². The molecule has 0 bridgehead atoms. The van der Waals surface area contributed by atoms with E-state index in [9.17, 15) is 9.90 Å². The van der Waals surface area contributed by atoms with Crippen molar-refractivity contribution in [2.45, 2.75) is 26.4 Å². The van der Waals surface area contributed by atoms with Gasteiger partial charge in [-0.2, -0.15) is 0 Å². The number of aliphatic hydroxyl groups is 1. The van der Waals surface area contributed by atoms with Crippen LogP contribution in [0.1, 0.15) is 29.6 Å². The summed E-state index contributed by atoms with van der Waals surface area (Å²) in [5.41, 5.74) is 0.757. The molecule has 0 aliphatic carbocycles. The van der Waals surface area contributed by atoms with Crippen LogP contribution >= 0.6 is 0 Å². The average Bonchev–Trinajstić information content (AvgIpc) is 2.91. The van der Waals surface area contributed by atoms with Crippen LogP contribution in [0.4, 0.5) is 0 Å². The summed E-state index contributed by atoms with van der Waals surface area (Å²) in [5, 5.41) is 12.9. The van der Waals surface area contributed by atoms with Crippen LogP contribution in [0, 0.1) is 13.8 Å². The average molecular weight is 333 g/mol. The maximum atomic E-state index is 11.8. The smallest absolute Gasteiger partial charge is 0.257 e. The Kier molecular flexibility index (Phi) is 6.26. The van der Waals surface area contributed by atoms with Gasteiger partial charge in [-0.15, -0.1) is 0 Å². The highest BCUT2D eigenvalue weighted by Crippen LogP contribution is 2.25. The molecule has 1 amide bonds. The van der Waals surface area contributed by atoms with Crippen LogP contribution in [0.2, 0.25) is 0 Å². The summed E-state index contributed by atoms with van der Waals surface area (Å²) >= 11 is 0. The Morgan fingerprint density at radius 3 is 2.62 bits per heavy atom. The first-order chi connectivity index (χ1) is 11.5. The lowest BCUT2D eigenvalue weighted by Crippen LogP contribution is -2.30. The van der Waals surface area contributed by atoms with Gasteiger partial charge in [0, 0.05) is 12.1 Å². The molecule has 2 N–H and O–H groups in total. The predicted octanol–water partition coefficient (Wildman–Crippen LogP) is 2.52. The van der Waals surface area contributed by atoms with Crippen molar-refractivity contribution in [1.82, 2.24) is 5.32 Å². The molecule has 1 unspecified atom stereocenters. The Bertz CT molecular complexity index is 680. The summed E-state index contributed by atoms with van der Waals surface area (Å²) in [7, 11) is 1.54. The van der Waals surface area contributed by atoms with Gasteiger partial charge in [0.1, 0.15) is 11.5 Å². The fraction of sp³-hybridized carbons (Fsp3) is 0.389.